The van der Waals surface area contributed by atoms with Gasteiger partial charge in [-0.1, -0.05) is 59.8 Å². The van der Waals surface area contributed by atoms with Gasteiger partial charge in [-0.25, -0.2) is 4.98 Å². The molecule has 1 aliphatic rings. The van der Waals surface area contributed by atoms with Crippen LogP contribution in [0.4, 0.5) is 0 Å². The minimum atomic E-state index is 0.172. The van der Waals surface area contributed by atoms with Crippen LogP contribution in [0.25, 0.3) is 22.4 Å². The van der Waals surface area contributed by atoms with Crippen LogP contribution < -0.4 is 0 Å². The zero-order valence-electron chi connectivity index (χ0n) is 16.6. The second-order valence-electron chi connectivity index (χ2n) is 7.66. The van der Waals surface area contributed by atoms with Gasteiger partial charge in [-0.05, 0) is 30.5 Å². The normalized spacial score (nSPS) is 14.9. The molecule has 1 saturated heterocycles. The van der Waals surface area contributed by atoms with Crippen LogP contribution in [0.15, 0.2) is 71.3 Å². The van der Waals surface area contributed by atoms with Gasteiger partial charge in [-0.15, -0.1) is 0 Å². The fourth-order valence-corrected chi connectivity index (χ4v) is 3.95. The number of nitrogens with zero attached hydrogens (tertiary/aromatic N) is 4. The van der Waals surface area contributed by atoms with Crippen molar-refractivity contribution >= 4 is 16.8 Å². The molecule has 0 spiro atoms. The van der Waals surface area contributed by atoms with Crippen LogP contribution in [0.3, 0.4) is 0 Å². The number of aromatic nitrogens is 3. The molecular formula is C24H22N4O2. The highest BCUT2D eigenvalue weighted by atomic mass is 16.5. The first-order chi connectivity index (χ1) is 14.8. The van der Waals surface area contributed by atoms with Crippen molar-refractivity contribution < 1.29 is 9.32 Å². The summed E-state index contributed by atoms with van der Waals surface area (Å²) in [6.07, 6.45) is 2.10. The molecule has 4 aromatic rings. The Morgan fingerprint density at radius 1 is 0.933 bits per heavy atom. The van der Waals surface area contributed by atoms with Crippen molar-refractivity contribution in [3.05, 3.63) is 78.2 Å². The first-order valence-electron chi connectivity index (χ1n) is 10.3. The minimum absolute atomic E-state index is 0.172. The van der Waals surface area contributed by atoms with E-state index in [0.29, 0.717) is 36.9 Å². The highest BCUT2D eigenvalue weighted by Crippen LogP contribution is 2.29. The molecule has 0 atom stereocenters. The van der Waals surface area contributed by atoms with E-state index in [0.717, 1.165) is 29.3 Å². The summed E-state index contributed by atoms with van der Waals surface area (Å²) < 4.78 is 5.56. The van der Waals surface area contributed by atoms with Gasteiger partial charge in [-0.2, -0.15) is 4.98 Å². The second kappa shape index (κ2) is 8.06. The third-order valence-corrected chi connectivity index (χ3v) is 5.66. The number of carbonyl (C=O) groups is 1. The SMILES string of the molecule is O=C(Cc1ccccc1)N1CCC(c2nc(-c3ccc4ccccc4n3)no2)CC1. The van der Waals surface area contributed by atoms with Crippen LogP contribution in [0.5, 0.6) is 0 Å². The van der Waals surface area contributed by atoms with Gasteiger partial charge in [0.2, 0.25) is 17.6 Å². The van der Waals surface area contributed by atoms with Crippen LogP contribution in [0, 0.1) is 0 Å². The van der Waals surface area contributed by atoms with Crippen molar-refractivity contribution in [2.45, 2.75) is 25.2 Å². The number of pyridine rings is 1. The summed E-state index contributed by atoms with van der Waals surface area (Å²) in [5.74, 6) is 1.49. The van der Waals surface area contributed by atoms with E-state index in [-0.39, 0.29) is 11.8 Å². The van der Waals surface area contributed by atoms with E-state index in [1.165, 1.54) is 0 Å². The lowest BCUT2D eigenvalue weighted by Crippen LogP contribution is -2.38. The van der Waals surface area contributed by atoms with Crippen LogP contribution in [-0.2, 0) is 11.2 Å². The zero-order valence-corrected chi connectivity index (χ0v) is 16.6. The van der Waals surface area contributed by atoms with Gasteiger partial charge in [0.05, 0.1) is 11.9 Å². The first-order valence-corrected chi connectivity index (χ1v) is 10.3. The number of piperidine rings is 1. The van der Waals surface area contributed by atoms with Gasteiger partial charge in [0, 0.05) is 24.4 Å². The van der Waals surface area contributed by atoms with E-state index in [1.807, 2.05) is 71.6 Å². The lowest BCUT2D eigenvalue weighted by molar-refractivity contribution is -0.131. The molecule has 6 nitrogen and oxygen atoms in total. The van der Waals surface area contributed by atoms with Gasteiger partial charge >= 0.3 is 0 Å². The fraction of sp³-hybridized carbons (Fsp3) is 0.250. The Morgan fingerprint density at radius 3 is 2.53 bits per heavy atom. The predicted octanol–water partition coefficient (Wildman–Crippen LogP) is 4.23. The largest absolute Gasteiger partial charge is 0.342 e. The van der Waals surface area contributed by atoms with E-state index < -0.39 is 0 Å². The van der Waals surface area contributed by atoms with Gasteiger partial charge in [0.15, 0.2) is 0 Å². The molecule has 30 heavy (non-hydrogen) atoms. The summed E-state index contributed by atoms with van der Waals surface area (Å²) in [5, 5.41) is 5.23. The molecule has 2 aromatic carbocycles. The average molecular weight is 398 g/mol. The Hall–Kier alpha value is -3.54. The van der Waals surface area contributed by atoms with Crippen molar-refractivity contribution in [1.82, 2.24) is 20.0 Å². The Labute approximate surface area is 174 Å². The summed E-state index contributed by atoms with van der Waals surface area (Å²) in [5.41, 5.74) is 2.67. The molecule has 2 aromatic heterocycles. The zero-order chi connectivity index (χ0) is 20.3. The summed E-state index contributed by atoms with van der Waals surface area (Å²) in [6, 6.07) is 21.8. The Kier molecular flexibility index (Phi) is 4.97. The molecule has 1 aliphatic heterocycles. The number of amides is 1. The predicted molar refractivity (Wildman–Crippen MR) is 114 cm³/mol. The second-order valence-corrected chi connectivity index (χ2v) is 7.66. The van der Waals surface area contributed by atoms with Gasteiger partial charge in [-0.3, -0.25) is 4.79 Å². The first kappa shape index (κ1) is 18.5. The Balaban J connectivity index is 1.23. The van der Waals surface area contributed by atoms with E-state index in [9.17, 15) is 4.79 Å². The van der Waals surface area contributed by atoms with Gasteiger partial charge < -0.3 is 9.42 Å². The number of benzene rings is 2. The van der Waals surface area contributed by atoms with Crippen LogP contribution >= 0.6 is 0 Å². The summed E-state index contributed by atoms with van der Waals surface area (Å²) in [7, 11) is 0. The molecule has 0 bridgehead atoms. The highest BCUT2D eigenvalue weighted by molar-refractivity contribution is 5.80. The van der Waals surface area contributed by atoms with E-state index >= 15 is 0 Å². The third kappa shape index (κ3) is 3.81. The van der Waals surface area contributed by atoms with E-state index in [2.05, 4.69) is 15.1 Å². The lowest BCUT2D eigenvalue weighted by atomic mass is 9.96. The molecule has 6 heteroatoms. The van der Waals surface area contributed by atoms with Crippen molar-refractivity contribution in [1.29, 1.82) is 0 Å². The number of rotatable bonds is 4. The maximum Gasteiger partial charge on any atom is 0.230 e. The van der Waals surface area contributed by atoms with E-state index in [4.69, 9.17) is 4.52 Å². The number of carbonyl (C=O) groups excluding carboxylic acids is 1. The van der Waals surface area contributed by atoms with Crippen molar-refractivity contribution in [3.63, 3.8) is 0 Å². The van der Waals surface area contributed by atoms with Gasteiger partial charge in [0.1, 0.15) is 5.69 Å². The van der Waals surface area contributed by atoms with Crippen LogP contribution in [0.1, 0.15) is 30.2 Å². The molecule has 5 rings (SSSR count). The molecule has 3 heterocycles. The summed E-state index contributed by atoms with van der Waals surface area (Å²) in [4.78, 5) is 23.8. The van der Waals surface area contributed by atoms with Crippen LogP contribution in [-0.4, -0.2) is 39.0 Å². The van der Waals surface area contributed by atoms with E-state index in [1.54, 1.807) is 0 Å². The van der Waals surface area contributed by atoms with Crippen LogP contribution in [0.2, 0.25) is 0 Å². The minimum Gasteiger partial charge on any atom is -0.342 e. The summed E-state index contributed by atoms with van der Waals surface area (Å²) in [6.45, 7) is 1.42. The molecule has 0 saturated carbocycles. The molecule has 0 unspecified atom stereocenters. The maximum absolute atomic E-state index is 12.6. The van der Waals surface area contributed by atoms with Crippen molar-refractivity contribution in [2.24, 2.45) is 0 Å². The lowest BCUT2D eigenvalue weighted by Gasteiger charge is -2.30. The Bertz CT molecular complexity index is 1160. The topological polar surface area (TPSA) is 72.1 Å². The maximum atomic E-state index is 12.6. The molecule has 0 radical (unpaired) electrons. The smallest absolute Gasteiger partial charge is 0.230 e. The molecule has 1 fully saturated rings. The third-order valence-electron chi connectivity index (χ3n) is 5.66. The Morgan fingerprint density at radius 2 is 1.70 bits per heavy atom. The van der Waals surface area contributed by atoms with Crippen molar-refractivity contribution in [2.75, 3.05) is 13.1 Å². The molecule has 150 valence electrons. The number of fused-ring (bicyclic) bond motifs is 1. The summed E-state index contributed by atoms with van der Waals surface area (Å²) >= 11 is 0. The molecule has 1 amide bonds. The molecule has 0 N–H and O–H groups in total. The molecule has 0 aliphatic carbocycles. The standard InChI is InChI=1S/C24H22N4O2/c29-22(16-17-6-2-1-3-7-17)28-14-12-19(13-15-28)24-26-23(27-30-24)21-11-10-18-8-4-5-9-20(18)25-21/h1-11,19H,12-16H2. The fourth-order valence-electron chi connectivity index (χ4n) is 3.95. The average Bonchev–Trinajstić information content (AvgIpc) is 3.30. The number of para-hydroxylation sites is 1. The monoisotopic (exact) mass is 398 g/mol. The highest BCUT2D eigenvalue weighted by Gasteiger charge is 2.27. The van der Waals surface area contributed by atoms with Crippen molar-refractivity contribution in [3.8, 4) is 11.5 Å². The van der Waals surface area contributed by atoms with Gasteiger partial charge in [0.25, 0.3) is 0 Å². The number of hydrogen-bond acceptors (Lipinski definition) is 5. The number of likely N-dealkylation sites (tertiary alicyclic amines) is 1. The molecular weight excluding hydrogens is 376 g/mol. The quantitative estimate of drug-likeness (QED) is 0.514. The number of hydrogen-bond donors (Lipinski definition) is 0.